The monoisotopic (exact) mass is 387 g/mol. The second kappa shape index (κ2) is 8.18. The lowest BCUT2D eigenvalue weighted by Gasteiger charge is -2.18. The van der Waals surface area contributed by atoms with Gasteiger partial charge in [0.15, 0.2) is 0 Å². The van der Waals surface area contributed by atoms with E-state index in [1.165, 1.54) is 5.56 Å². The van der Waals surface area contributed by atoms with E-state index in [4.69, 9.17) is 16.3 Å². The lowest BCUT2D eigenvalue weighted by Crippen LogP contribution is -2.20. The van der Waals surface area contributed by atoms with Crippen LogP contribution in [-0.4, -0.2) is 6.54 Å². The second-order valence-corrected chi connectivity index (χ2v) is 7.57. The zero-order valence-corrected chi connectivity index (χ0v) is 15.3. The van der Waals surface area contributed by atoms with E-state index < -0.39 is 0 Å². The molecule has 1 aromatic heterocycles. The molecule has 2 aromatic rings. The first-order valence-electron chi connectivity index (χ1n) is 7.00. The SMILES string of the molecule is CCCNC(C)c1cc(Br)ccc1OCc1ccc(Cl)s1. The Morgan fingerprint density at radius 2 is 2.14 bits per heavy atom. The number of rotatable bonds is 7. The van der Waals surface area contributed by atoms with Gasteiger partial charge in [-0.25, -0.2) is 0 Å². The van der Waals surface area contributed by atoms with E-state index in [0.717, 1.165) is 32.4 Å². The van der Waals surface area contributed by atoms with E-state index in [9.17, 15) is 0 Å². The van der Waals surface area contributed by atoms with Gasteiger partial charge in [-0.1, -0.05) is 34.5 Å². The molecule has 1 unspecified atom stereocenters. The van der Waals surface area contributed by atoms with Crippen molar-refractivity contribution in [3.63, 3.8) is 0 Å². The molecule has 0 radical (unpaired) electrons. The molecule has 1 N–H and O–H groups in total. The standard InChI is InChI=1S/C16H19BrClNOS/c1-3-8-19-11(2)14-9-12(17)4-6-15(14)20-10-13-5-7-16(18)21-13/h4-7,9,11,19H,3,8,10H2,1-2H3. The lowest BCUT2D eigenvalue weighted by molar-refractivity contribution is 0.303. The molecule has 0 amide bonds. The maximum atomic E-state index is 5.98. The van der Waals surface area contributed by atoms with E-state index in [-0.39, 0.29) is 6.04 Å². The average Bonchev–Trinajstić information content (AvgIpc) is 2.89. The van der Waals surface area contributed by atoms with E-state index in [2.05, 4.69) is 41.2 Å². The topological polar surface area (TPSA) is 21.3 Å². The highest BCUT2D eigenvalue weighted by molar-refractivity contribution is 9.10. The van der Waals surface area contributed by atoms with Gasteiger partial charge in [-0.3, -0.25) is 0 Å². The number of thiophene rings is 1. The van der Waals surface area contributed by atoms with Gasteiger partial charge in [0.25, 0.3) is 0 Å². The van der Waals surface area contributed by atoms with Crippen LogP contribution in [0, 0.1) is 0 Å². The molecule has 0 aliphatic rings. The van der Waals surface area contributed by atoms with Crippen LogP contribution in [0.5, 0.6) is 5.75 Å². The third-order valence-electron chi connectivity index (χ3n) is 3.14. The molecule has 2 rings (SSSR count). The summed E-state index contributed by atoms with van der Waals surface area (Å²) in [7, 11) is 0. The first-order valence-corrected chi connectivity index (χ1v) is 8.98. The van der Waals surface area contributed by atoms with Crippen LogP contribution in [0.25, 0.3) is 0 Å². The molecule has 1 heterocycles. The molecule has 0 saturated carbocycles. The molecule has 0 bridgehead atoms. The van der Waals surface area contributed by atoms with Gasteiger partial charge in [-0.2, -0.15) is 0 Å². The Morgan fingerprint density at radius 3 is 2.81 bits per heavy atom. The van der Waals surface area contributed by atoms with Crippen LogP contribution in [0.15, 0.2) is 34.8 Å². The number of ether oxygens (including phenoxy) is 1. The summed E-state index contributed by atoms with van der Waals surface area (Å²) >= 11 is 11.0. The summed E-state index contributed by atoms with van der Waals surface area (Å²) in [4.78, 5) is 1.13. The third kappa shape index (κ3) is 4.99. The maximum Gasteiger partial charge on any atom is 0.124 e. The number of benzene rings is 1. The number of halogens is 2. The summed E-state index contributed by atoms with van der Waals surface area (Å²) in [6.07, 6.45) is 1.11. The largest absolute Gasteiger partial charge is 0.488 e. The van der Waals surface area contributed by atoms with Crippen LogP contribution in [0.1, 0.15) is 36.8 Å². The zero-order valence-electron chi connectivity index (χ0n) is 12.2. The van der Waals surface area contributed by atoms with Crippen molar-refractivity contribution in [3.8, 4) is 5.75 Å². The summed E-state index contributed by atoms with van der Waals surface area (Å²) in [6, 6.07) is 10.3. The van der Waals surface area contributed by atoms with Gasteiger partial charge in [0, 0.05) is 21.0 Å². The van der Waals surface area contributed by atoms with Crippen molar-refractivity contribution in [2.24, 2.45) is 0 Å². The van der Waals surface area contributed by atoms with Gasteiger partial charge in [-0.05, 0) is 50.2 Å². The van der Waals surface area contributed by atoms with Gasteiger partial charge in [0.2, 0.25) is 0 Å². The average molecular weight is 389 g/mol. The molecule has 114 valence electrons. The molecule has 1 aromatic carbocycles. The summed E-state index contributed by atoms with van der Waals surface area (Å²) in [5, 5.41) is 3.50. The Labute approximate surface area is 143 Å². The summed E-state index contributed by atoms with van der Waals surface area (Å²) in [5.41, 5.74) is 1.17. The maximum absolute atomic E-state index is 5.98. The van der Waals surface area contributed by atoms with Gasteiger partial charge in [0.1, 0.15) is 12.4 Å². The van der Waals surface area contributed by atoms with Gasteiger partial charge in [-0.15, -0.1) is 11.3 Å². The molecule has 0 aliphatic heterocycles. The molecule has 0 spiro atoms. The van der Waals surface area contributed by atoms with Crippen LogP contribution in [0.2, 0.25) is 4.34 Å². The first-order chi connectivity index (χ1) is 10.1. The molecular formula is C16H19BrClNOS. The zero-order chi connectivity index (χ0) is 15.2. The van der Waals surface area contributed by atoms with Crippen molar-refractivity contribution >= 4 is 38.9 Å². The van der Waals surface area contributed by atoms with Gasteiger partial charge in [0.05, 0.1) is 4.34 Å². The van der Waals surface area contributed by atoms with Crippen molar-refractivity contribution in [1.29, 1.82) is 0 Å². The molecule has 2 nitrogen and oxygen atoms in total. The molecule has 21 heavy (non-hydrogen) atoms. The van der Waals surface area contributed by atoms with Crippen molar-refractivity contribution in [2.75, 3.05) is 6.54 Å². The molecular weight excluding hydrogens is 370 g/mol. The van der Waals surface area contributed by atoms with Gasteiger partial charge < -0.3 is 10.1 Å². The lowest BCUT2D eigenvalue weighted by atomic mass is 10.1. The van der Waals surface area contributed by atoms with E-state index in [0.29, 0.717) is 6.61 Å². The van der Waals surface area contributed by atoms with E-state index >= 15 is 0 Å². The van der Waals surface area contributed by atoms with Gasteiger partial charge >= 0.3 is 0 Å². The van der Waals surface area contributed by atoms with Crippen LogP contribution in [0.4, 0.5) is 0 Å². The van der Waals surface area contributed by atoms with Crippen molar-refractivity contribution in [1.82, 2.24) is 5.32 Å². The highest BCUT2D eigenvalue weighted by Gasteiger charge is 2.12. The predicted molar refractivity (Wildman–Crippen MR) is 94.5 cm³/mol. The number of hydrogen-bond donors (Lipinski definition) is 1. The fraction of sp³-hybridized carbons (Fsp3) is 0.375. The van der Waals surface area contributed by atoms with Crippen molar-refractivity contribution in [3.05, 3.63) is 49.6 Å². The van der Waals surface area contributed by atoms with Crippen LogP contribution in [-0.2, 0) is 6.61 Å². The van der Waals surface area contributed by atoms with Crippen molar-refractivity contribution < 1.29 is 4.74 Å². The van der Waals surface area contributed by atoms with E-state index in [1.807, 2.05) is 24.3 Å². The Morgan fingerprint density at radius 1 is 1.33 bits per heavy atom. The van der Waals surface area contributed by atoms with Crippen molar-refractivity contribution in [2.45, 2.75) is 32.9 Å². The third-order valence-corrected chi connectivity index (χ3v) is 4.84. The normalized spacial score (nSPS) is 12.4. The summed E-state index contributed by atoms with van der Waals surface area (Å²) < 4.78 is 7.84. The van der Waals surface area contributed by atoms with Crippen LogP contribution < -0.4 is 10.1 Å². The number of nitrogens with one attached hydrogen (secondary N) is 1. The smallest absolute Gasteiger partial charge is 0.124 e. The highest BCUT2D eigenvalue weighted by atomic mass is 79.9. The van der Waals surface area contributed by atoms with Crippen LogP contribution >= 0.6 is 38.9 Å². The Kier molecular flexibility index (Phi) is 6.55. The molecule has 5 heteroatoms. The minimum Gasteiger partial charge on any atom is -0.488 e. The number of hydrogen-bond acceptors (Lipinski definition) is 3. The fourth-order valence-electron chi connectivity index (χ4n) is 2.04. The summed E-state index contributed by atoms with van der Waals surface area (Å²) in [6.45, 7) is 5.87. The Bertz CT molecular complexity index is 587. The Balaban J connectivity index is 2.10. The molecule has 0 fully saturated rings. The predicted octanol–water partition coefficient (Wildman–Crippen LogP) is 5.80. The Hall–Kier alpha value is -0.550. The molecule has 0 saturated heterocycles. The quantitative estimate of drug-likeness (QED) is 0.647. The molecule has 0 aliphatic carbocycles. The highest BCUT2D eigenvalue weighted by Crippen LogP contribution is 2.30. The molecule has 1 atom stereocenters. The first kappa shape index (κ1) is 16.8. The van der Waals surface area contributed by atoms with Crippen LogP contribution in [0.3, 0.4) is 0 Å². The van der Waals surface area contributed by atoms with E-state index in [1.54, 1.807) is 11.3 Å². The minimum absolute atomic E-state index is 0.254. The summed E-state index contributed by atoms with van der Waals surface area (Å²) in [5.74, 6) is 0.916. The minimum atomic E-state index is 0.254. The fourth-order valence-corrected chi connectivity index (χ4v) is 3.42. The second-order valence-electron chi connectivity index (χ2n) is 4.85.